The second-order valence-corrected chi connectivity index (χ2v) is 3.78. The summed E-state index contributed by atoms with van der Waals surface area (Å²) < 4.78 is 49.8. The summed E-state index contributed by atoms with van der Waals surface area (Å²) in [6, 6.07) is -1.04. The molecule has 98 valence electrons. The van der Waals surface area contributed by atoms with Crippen molar-refractivity contribution in [3.05, 3.63) is 23.7 Å². The van der Waals surface area contributed by atoms with E-state index in [0.717, 1.165) is 12.2 Å². The summed E-state index contributed by atoms with van der Waals surface area (Å²) in [4.78, 5) is 0. The van der Waals surface area contributed by atoms with Crippen molar-refractivity contribution in [3.63, 3.8) is 0 Å². The quantitative estimate of drug-likeness (QED) is 0.295. The third kappa shape index (κ3) is 2.76. The molecule has 0 saturated heterocycles. The molecule has 0 aromatic carbocycles. The zero-order valence-corrected chi connectivity index (χ0v) is 8.95. The van der Waals surface area contributed by atoms with Gasteiger partial charge in [0.15, 0.2) is 0 Å². The molecule has 0 fully saturated rings. The first-order valence-corrected chi connectivity index (χ1v) is 4.77. The Bertz CT molecular complexity index is 353. The lowest BCUT2D eigenvalue weighted by Crippen LogP contribution is -2.53. The Morgan fingerprint density at radius 2 is 1.94 bits per heavy atom. The van der Waals surface area contributed by atoms with Crippen LogP contribution in [-0.4, -0.2) is 28.6 Å². The number of halogens is 4. The van der Waals surface area contributed by atoms with Crippen molar-refractivity contribution in [1.29, 1.82) is 0 Å². The van der Waals surface area contributed by atoms with Crippen LogP contribution in [0.5, 0.6) is 0 Å². The molecule has 4 nitrogen and oxygen atoms in total. The molecule has 3 unspecified atom stereocenters. The molecule has 1 rings (SSSR count). The normalized spacial score (nSPS) is 27.3. The number of aliphatic hydroxyl groups excluding tert-OH is 1. The van der Waals surface area contributed by atoms with Crippen LogP contribution in [0.25, 0.3) is 0 Å². The molecule has 0 heterocycles. The van der Waals surface area contributed by atoms with Gasteiger partial charge < -0.3 is 10.8 Å². The highest BCUT2D eigenvalue weighted by Gasteiger charge is 2.44. The fourth-order valence-electron chi connectivity index (χ4n) is 1.41. The number of rotatable bonds is 2. The van der Waals surface area contributed by atoms with E-state index in [9.17, 15) is 17.6 Å². The summed E-state index contributed by atoms with van der Waals surface area (Å²) in [6.07, 6.45) is -5.78. The monoisotopic (exact) mass is 255 g/mol. The van der Waals surface area contributed by atoms with Crippen LogP contribution >= 0.6 is 0 Å². The van der Waals surface area contributed by atoms with Gasteiger partial charge in [-0.2, -0.15) is 13.2 Å². The lowest BCUT2D eigenvalue weighted by atomic mass is 9.93. The van der Waals surface area contributed by atoms with Crippen molar-refractivity contribution in [2.75, 3.05) is 0 Å². The van der Waals surface area contributed by atoms with Crippen LogP contribution < -0.4 is 11.6 Å². The van der Waals surface area contributed by atoms with E-state index in [2.05, 4.69) is 0 Å². The first kappa shape index (κ1) is 13.9. The summed E-state index contributed by atoms with van der Waals surface area (Å²) in [5.74, 6) is 3.80. The number of nitrogens with zero attached hydrogens (tertiary/aromatic N) is 1. The Balaban J connectivity index is 2.94. The molecule has 0 amide bonds. The third-order valence-electron chi connectivity index (χ3n) is 2.58. The van der Waals surface area contributed by atoms with E-state index in [1.165, 1.54) is 6.92 Å². The second-order valence-electron chi connectivity index (χ2n) is 3.78. The molecule has 3 atom stereocenters. The van der Waals surface area contributed by atoms with Gasteiger partial charge in [-0.1, -0.05) is 6.92 Å². The number of hydrogen-bond donors (Lipinski definition) is 3. The van der Waals surface area contributed by atoms with Crippen molar-refractivity contribution >= 4 is 0 Å². The molecular formula is C9H13F4N3O. The summed E-state index contributed by atoms with van der Waals surface area (Å²) in [7, 11) is 0. The smallest absolute Gasteiger partial charge is 0.365 e. The summed E-state index contributed by atoms with van der Waals surface area (Å²) in [5, 5.41) is 9.04. The van der Waals surface area contributed by atoms with Crippen molar-refractivity contribution in [1.82, 2.24) is 5.01 Å². The van der Waals surface area contributed by atoms with E-state index in [1.54, 1.807) is 0 Å². The molecule has 0 bridgehead atoms. The Morgan fingerprint density at radius 1 is 1.41 bits per heavy atom. The average Bonchev–Trinajstić information content (AvgIpc) is 2.23. The highest BCUT2D eigenvalue weighted by Crippen LogP contribution is 2.29. The first-order valence-electron chi connectivity index (χ1n) is 4.77. The molecule has 0 aromatic rings. The summed E-state index contributed by atoms with van der Waals surface area (Å²) in [6.45, 7) is 1.41. The van der Waals surface area contributed by atoms with Gasteiger partial charge in [-0.3, -0.25) is 5.01 Å². The maximum absolute atomic E-state index is 13.1. The SMILES string of the molecule is CC1C(F)=CC=C(N(N)C(O)C(F)(F)F)C1N. The minimum absolute atomic E-state index is 0.101. The maximum Gasteiger partial charge on any atom is 0.434 e. The van der Waals surface area contributed by atoms with Gasteiger partial charge >= 0.3 is 6.18 Å². The van der Waals surface area contributed by atoms with Crippen LogP contribution in [0.4, 0.5) is 17.6 Å². The predicted octanol–water partition coefficient (Wildman–Crippen LogP) is 0.757. The van der Waals surface area contributed by atoms with E-state index in [1.807, 2.05) is 0 Å². The van der Waals surface area contributed by atoms with Crippen LogP contribution in [0.2, 0.25) is 0 Å². The fraction of sp³-hybridized carbons (Fsp3) is 0.556. The number of alkyl halides is 3. The van der Waals surface area contributed by atoms with Gasteiger partial charge in [-0.15, -0.1) is 0 Å². The lowest BCUT2D eigenvalue weighted by molar-refractivity contribution is -0.245. The molecule has 8 heteroatoms. The molecule has 0 radical (unpaired) electrons. The van der Waals surface area contributed by atoms with E-state index in [0.29, 0.717) is 0 Å². The Hall–Kier alpha value is -1.12. The first-order chi connectivity index (χ1) is 7.66. The highest BCUT2D eigenvalue weighted by atomic mass is 19.4. The standard InChI is InChI=1S/C9H13F4N3O/c1-4-5(10)2-3-6(7(4)14)16(15)8(17)9(11,12)13/h2-4,7-8,17H,14-15H2,1H3. The summed E-state index contributed by atoms with van der Waals surface area (Å²) >= 11 is 0. The fourth-order valence-corrected chi connectivity index (χ4v) is 1.41. The molecule has 0 saturated carbocycles. The number of allylic oxidation sites excluding steroid dienone is 2. The van der Waals surface area contributed by atoms with Gasteiger partial charge in [0.25, 0.3) is 0 Å². The van der Waals surface area contributed by atoms with Crippen LogP contribution in [0.15, 0.2) is 23.7 Å². The Kier molecular flexibility index (Phi) is 3.80. The van der Waals surface area contributed by atoms with E-state index in [-0.39, 0.29) is 10.7 Å². The number of hydrazine groups is 1. The molecule has 0 aromatic heterocycles. The van der Waals surface area contributed by atoms with Crippen molar-refractivity contribution in [2.24, 2.45) is 17.5 Å². The molecule has 0 aliphatic heterocycles. The Morgan fingerprint density at radius 3 is 2.41 bits per heavy atom. The second kappa shape index (κ2) is 4.63. The number of aliphatic hydroxyl groups is 1. The van der Waals surface area contributed by atoms with E-state index < -0.39 is 30.2 Å². The van der Waals surface area contributed by atoms with Crippen LogP contribution in [0, 0.1) is 5.92 Å². The van der Waals surface area contributed by atoms with Crippen molar-refractivity contribution in [2.45, 2.75) is 25.4 Å². The zero-order valence-electron chi connectivity index (χ0n) is 8.95. The molecule has 1 aliphatic carbocycles. The molecule has 5 N–H and O–H groups in total. The van der Waals surface area contributed by atoms with Gasteiger partial charge in [-0.05, 0) is 12.2 Å². The number of hydrogen-bond acceptors (Lipinski definition) is 4. The minimum Gasteiger partial charge on any atom is -0.365 e. The van der Waals surface area contributed by atoms with Gasteiger partial charge in [0.2, 0.25) is 6.23 Å². The van der Waals surface area contributed by atoms with Crippen LogP contribution in [0.1, 0.15) is 6.92 Å². The van der Waals surface area contributed by atoms with Crippen LogP contribution in [-0.2, 0) is 0 Å². The van der Waals surface area contributed by atoms with Crippen LogP contribution in [0.3, 0.4) is 0 Å². The maximum atomic E-state index is 13.1. The highest BCUT2D eigenvalue weighted by molar-refractivity contribution is 5.27. The predicted molar refractivity (Wildman–Crippen MR) is 52.5 cm³/mol. The Labute approximate surface area is 95.1 Å². The van der Waals surface area contributed by atoms with E-state index in [4.69, 9.17) is 16.7 Å². The largest absolute Gasteiger partial charge is 0.434 e. The zero-order chi connectivity index (χ0) is 13.4. The third-order valence-corrected chi connectivity index (χ3v) is 2.58. The van der Waals surface area contributed by atoms with Crippen molar-refractivity contribution < 1.29 is 22.7 Å². The molecular weight excluding hydrogens is 242 g/mol. The van der Waals surface area contributed by atoms with Gasteiger partial charge in [0.1, 0.15) is 5.83 Å². The van der Waals surface area contributed by atoms with Gasteiger partial charge in [0, 0.05) is 11.6 Å². The summed E-state index contributed by atoms with van der Waals surface area (Å²) in [5.41, 5.74) is 5.37. The average molecular weight is 255 g/mol. The van der Waals surface area contributed by atoms with Crippen molar-refractivity contribution in [3.8, 4) is 0 Å². The van der Waals surface area contributed by atoms with E-state index >= 15 is 0 Å². The van der Waals surface area contributed by atoms with Gasteiger partial charge in [-0.25, -0.2) is 10.2 Å². The molecule has 1 aliphatic rings. The van der Waals surface area contributed by atoms with Gasteiger partial charge in [0.05, 0.1) is 6.04 Å². The lowest BCUT2D eigenvalue weighted by Gasteiger charge is -2.34. The minimum atomic E-state index is -4.90. The molecule has 17 heavy (non-hydrogen) atoms. The molecule has 0 spiro atoms. The topological polar surface area (TPSA) is 75.5 Å². The number of nitrogens with two attached hydrogens (primary N) is 2.